The number of hydrogen-bond donors (Lipinski definition) is 0. The largest absolute Gasteiger partial charge is 0.374 e. The van der Waals surface area contributed by atoms with Crippen molar-refractivity contribution in [3.05, 3.63) is 119 Å². The fourth-order valence-corrected chi connectivity index (χ4v) is 5.14. The van der Waals surface area contributed by atoms with Gasteiger partial charge in [0.15, 0.2) is 6.29 Å². The van der Waals surface area contributed by atoms with Crippen LogP contribution in [0.25, 0.3) is 0 Å². The van der Waals surface area contributed by atoms with Gasteiger partial charge in [0.1, 0.15) is 24.4 Å². The molecule has 40 heavy (non-hydrogen) atoms. The fraction of sp³-hybridized carbons (Fsp3) is 0.412. The van der Waals surface area contributed by atoms with Gasteiger partial charge in [0.25, 0.3) is 0 Å². The maximum Gasteiger partial charge on any atom is 0.178 e. The normalized spacial score (nSPS) is 26.5. The second-order valence-electron chi connectivity index (χ2n) is 10.4. The van der Waals surface area contributed by atoms with Crippen LogP contribution in [0.4, 0.5) is 0 Å². The smallest absolute Gasteiger partial charge is 0.178 e. The van der Waals surface area contributed by atoms with E-state index in [0.29, 0.717) is 33.0 Å². The minimum atomic E-state index is -0.436. The molecule has 0 N–H and O–H groups in total. The summed E-state index contributed by atoms with van der Waals surface area (Å²) in [6.07, 6.45) is 0.753. The zero-order valence-electron chi connectivity index (χ0n) is 23.4. The summed E-state index contributed by atoms with van der Waals surface area (Å²) in [5.41, 5.74) is 4.52. The summed E-state index contributed by atoms with van der Waals surface area (Å²) in [6, 6.07) is 30.5. The molecule has 0 saturated carbocycles. The monoisotopic (exact) mass is 544 g/mol. The van der Waals surface area contributed by atoms with Crippen LogP contribution < -0.4 is 0 Å². The Hall–Kier alpha value is -2.84. The maximum absolute atomic E-state index is 6.65. The maximum atomic E-state index is 6.65. The van der Waals surface area contributed by atoms with Crippen molar-refractivity contribution in [1.29, 1.82) is 0 Å². The van der Waals surface area contributed by atoms with Crippen molar-refractivity contribution < 1.29 is 28.4 Å². The quantitative estimate of drug-likeness (QED) is 0.238. The molecule has 0 amide bonds. The zero-order valence-corrected chi connectivity index (χ0v) is 23.4. The Morgan fingerprint density at radius 3 is 1.80 bits per heavy atom. The van der Waals surface area contributed by atoms with Gasteiger partial charge in [-0.05, 0) is 41.7 Å². The van der Waals surface area contributed by atoms with E-state index < -0.39 is 24.6 Å². The summed E-state index contributed by atoms with van der Waals surface area (Å²) < 4.78 is 38.4. The van der Waals surface area contributed by atoms with E-state index >= 15 is 0 Å². The lowest BCUT2D eigenvalue weighted by Gasteiger charge is -2.45. The predicted octanol–water partition coefficient (Wildman–Crippen LogP) is 6.24. The number of ether oxygens (including phenoxy) is 6. The van der Waals surface area contributed by atoms with Crippen LogP contribution in [-0.2, 0) is 48.2 Å². The van der Waals surface area contributed by atoms with Gasteiger partial charge in [0.05, 0.1) is 39.1 Å². The van der Waals surface area contributed by atoms with Gasteiger partial charge in [0, 0.05) is 0 Å². The first kappa shape index (κ1) is 28.7. The Balaban J connectivity index is 1.36. The highest BCUT2D eigenvalue weighted by Gasteiger charge is 2.47. The fourth-order valence-electron chi connectivity index (χ4n) is 5.14. The first-order chi connectivity index (χ1) is 19.7. The van der Waals surface area contributed by atoms with Crippen molar-refractivity contribution in [1.82, 2.24) is 0 Å². The van der Waals surface area contributed by atoms with Crippen LogP contribution in [0.3, 0.4) is 0 Å². The SMILES string of the molecule is CCC1=C[C@@H](O[C@@H]2[C@@H](OCc3ccccc3)[C@H](OCc3ccccc3)[C@@H](COCc3ccccc3)O[C@H]2C)OC1. The van der Waals surface area contributed by atoms with Crippen molar-refractivity contribution in [3.63, 3.8) is 0 Å². The third kappa shape index (κ3) is 7.88. The Morgan fingerprint density at radius 2 is 1.25 bits per heavy atom. The van der Waals surface area contributed by atoms with Crippen molar-refractivity contribution in [2.24, 2.45) is 0 Å². The Bertz CT molecular complexity index is 1170. The molecule has 0 unspecified atom stereocenters. The predicted molar refractivity (Wildman–Crippen MR) is 153 cm³/mol. The third-order valence-electron chi connectivity index (χ3n) is 7.38. The molecular formula is C34H40O6. The van der Waals surface area contributed by atoms with Gasteiger partial charge in [-0.15, -0.1) is 0 Å². The highest BCUT2D eigenvalue weighted by Crippen LogP contribution is 2.32. The van der Waals surface area contributed by atoms with Gasteiger partial charge in [-0.25, -0.2) is 0 Å². The summed E-state index contributed by atoms with van der Waals surface area (Å²) in [4.78, 5) is 0. The molecule has 6 heteroatoms. The lowest BCUT2D eigenvalue weighted by molar-refractivity contribution is -0.287. The van der Waals surface area contributed by atoms with E-state index in [1.54, 1.807) is 0 Å². The number of benzene rings is 3. The second-order valence-corrected chi connectivity index (χ2v) is 10.4. The molecule has 1 fully saturated rings. The van der Waals surface area contributed by atoms with E-state index in [9.17, 15) is 0 Å². The van der Waals surface area contributed by atoms with Gasteiger partial charge in [0.2, 0.25) is 0 Å². The molecule has 212 valence electrons. The summed E-state index contributed by atoms with van der Waals surface area (Å²) in [6.45, 7) is 6.47. The first-order valence-electron chi connectivity index (χ1n) is 14.2. The molecule has 2 heterocycles. The summed E-state index contributed by atoms with van der Waals surface area (Å²) in [5.74, 6) is 0. The summed E-state index contributed by atoms with van der Waals surface area (Å²) in [7, 11) is 0. The zero-order chi connectivity index (χ0) is 27.6. The standard InChI is InChI=1S/C34H40O6/c1-3-26-19-31(36-21-26)40-32-25(2)39-30(24-35-20-27-13-7-4-8-14-27)33(37-22-28-15-9-5-10-16-28)34(32)38-23-29-17-11-6-12-18-29/h4-19,25,30-34H,3,20-24H2,1-2H3/t25-,30+,31+,32-,33+,34+/m0/s1. The van der Waals surface area contributed by atoms with Crippen LogP contribution in [-0.4, -0.2) is 50.0 Å². The average molecular weight is 545 g/mol. The molecule has 5 rings (SSSR count). The molecule has 3 aromatic carbocycles. The molecule has 0 bridgehead atoms. The molecule has 0 spiro atoms. The van der Waals surface area contributed by atoms with Crippen molar-refractivity contribution in [2.75, 3.05) is 13.2 Å². The third-order valence-corrected chi connectivity index (χ3v) is 7.38. The van der Waals surface area contributed by atoms with E-state index in [1.807, 2.05) is 61.5 Å². The Morgan fingerprint density at radius 1 is 0.700 bits per heavy atom. The molecule has 0 aromatic heterocycles. The van der Waals surface area contributed by atoms with E-state index in [4.69, 9.17) is 28.4 Å². The van der Waals surface area contributed by atoms with Crippen LogP contribution in [0.1, 0.15) is 37.0 Å². The number of hydrogen-bond acceptors (Lipinski definition) is 6. The molecule has 6 nitrogen and oxygen atoms in total. The molecule has 6 atom stereocenters. The molecule has 2 aliphatic heterocycles. The van der Waals surface area contributed by atoms with E-state index in [0.717, 1.165) is 23.1 Å². The number of rotatable bonds is 13. The topological polar surface area (TPSA) is 55.4 Å². The van der Waals surface area contributed by atoms with Gasteiger partial charge in [-0.3, -0.25) is 0 Å². The van der Waals surface area contributed by atoms with Gasteiger partial charge in [-0.1, -0.05) is 97.9 Å². The van der Waals surface area contributed by atoms with Crippen LogP contribution in [0, 0.1) is 0 Å². The van der Waals surface area contributed by atoms with E-state index in [-0.39, 0.29) is 12.2 Å². The highest BCUT2D eigenvalue weighted by atomic mass is 16.7. The lowest BCUT2D eigenvalue weighted by atomic mass is 9.94. The Labute approximate surface area is 237 Å². The molecule has 0 aliphatic carbocycles. The second kappa shape index (κ2) is 14.7. The van der Waals surface area contributed by atoms with Crippen LogP contribution >= 0.6 is 0 Å². The average Bonchev–Trinajstić information content (AvgIpc) is 3.46. The Kier molecular flexibility index (Phi) is 10.5. The van der Waals surface area contributed by atoms with Gasteiger partial charge >= 0.3 is 0 Å². The minimum absolute atomic E-state index is 0.259. The molecule has 1 saturated heterocycles. The van der Waals surface area contributed by atoms with Crippen molar-refractivity contribution in [2.45, 2.75) is 76.9 Å². The van der Waals surface area contributed by atoms with Gasteiger partial charge < -0.3 is 28.4 Å². The highest BCUT2D eigenvalue weighted by molar-refractivity contribution is 5.16. The van der Waals surface area contributed by atoms with Crippen LogP contribution in [0.2, 0.25) is 0 Å². The van der Waals surface area contributed by atoms with Gasteiger partial charge in [-0.2, -0.15) is 0 Å². The molecular weight excluding hydrogens is 504 g/mol. The summed E-state index contributed by atoms with van der Waals surface area (Å²) in [5, 5.41) is 0. The van der Waals surface area contributed by atoms with Crippen LogP contribution in [0.5, 0.6) is 0 Å². The van der Waals surface area contributed by atoms with Crippen molar-refractivity contribution >= 4 is 0 Å². The van der Waals surface area contributed by atoms with Crippen molar-refractivity contribution in [3.8, 4) is 0 Å². The first-order valence-corrected chi connectivity index (χ1v) is 14.2. The molecule has 2 aliphatic rings. The van der Waals surface area contributed by atoms with Crippen LogP contribution in [0.15, 0.2) is 103 Å². The van der Waals surface area contributed by atoms with E-state index in [1.165, 1.54) is 5.57 Å². The van der Waals surface area contributed by atoms with E-state index in [2.05, 4.69) is 49.4 Å². The minimum Gasteiger partial charge on any atom is -0.374 e. The lowest BCUT2D eigenvalue weighted by Crippen LogP contribution is -2.61. The molecule has 0 radical (unpaired) electrons. The molecule has 3 aromatic rings. The summed E-state index contributed by atoms with van der Waals surface area (Å²) >= 11 is 0.